The van der Waals surface area contributed by atoms with Crippen molar-refractivity contribution in [1.82, 2.24) is 5.32 Å². The molecule has 0 aromatic rings. The lowest BCUT2D eigenvalue weighted by atomic mass is 9.69. The van der Waals surface area contributed by atoms with Gasteiger partial charge >= 0.3 is 0 Å². The second-order valence-corrected chi connectivity index (χ2v) is 4.56. The molecule has 1 fully saturated rings. The first-order chi connectivity index (χ1) is 6.75. The zero-order valence-corrected chi connectivity index (χ0v) is 9.94. The molecule has 1 saturated heterocycles. The highest BCUT2D eigenvalue weighted by Crippen LogP contribution is 2.39. The summed E-state index contributed by atoms with van der Waals surface area (Å²) in [4.78, 5) is 0. The third kappa shape index (κ3) is 2.71. The van der Waals surface area contributed by atoms with E-state index in [0.29, 0.717) is 5.41 Å². The summed E-state index contributed by atoms with van der Waals surface area (Å²) in [5, 5.41) is 3.52. The highest BCUT2D eigenvalue weighted by molar-refractivity contribution is 4.87. The van der Waals surface area contributed by atoms with Crippen molar-refractivity contribution in [3.8, 4) is 0 Å². The second-order valence-electron chi connectivity index (χ2n) is 4.56. The van der Waals surface area contributed by atoms with Crippen LogP contribution in [0.25, 0.3) is 0 Å². The molecule has 1 aliphatic heterocycles. The van der Waals surface area contributed by atoms with Crippen molar-refractivity contribution >= 4 is 0 Å². The number of hydrogen-bond acceptors (Lipinski definition) is 2. The lowest BCUT2D eigenvalue weighted by molar-refractivity contribution is -0.0146. The molecular formula is C12H25NO. The molecule has 1 unspecified atom stereocenters. The molecule has 0 saturated carbocycles. The summed E-state index contributed by atoms with van der Waals surface area (Å²) in [5.41, 5.74) is 0.503. The minimum atomic E-state index is 0.503. The van der Waals surface area contributed by atoms with Crippen LogP contribution >= 0.6 is 0 Å². The first-order valence-electron chi connectivity index (χ1n) is 6.03. The predicted octanol–water partition coefficient (Wildman–Crippen LogP) is 2.44. The average molecular weight is 199 g/mol. The van der Waals surface area contributed by atoms with Gasteiger partial charge in [0.25, 0.3) is 0 Å². The van der Waals surface area contributed by atoms with Crippen molar-refractivity contribution in [2.45, 2.75) is 40.0 Å². The molecule has 1 aliphatic rings. The fraction of sp³-hybridized carbons (Fsp3) is 1.00. The fourth-order valence-corrected chi connectivity index (χ4v) is 2.43. The van der Waals surface area contributed by atoms with Gasteiger partial charge in [0.2, 0.25) is 0 Å². The number of hydrogen-bond donors (Lipinski definition) is 1. The molecule has 1 N–H and O–H groups in total. The monoisotopic (exact) mass is 199 g/mol. The van der Waals surface area contributed by atoms with Gasteiger partial charge in [0.05, 0.1) is 0 Å². The van der Waals surface area contributed by atoms with Crippen LogP contribution in [-0.2, 0) is 4.74 Å². The molecule has 84 valence electrons. The van der Waals surface area contributed by atoms with Gasteiger partial charge in [-0.15, -0.1) is 0 Å². The van der Waals surface area contributed by atoms with E-state index in [9.17, 15) is 0 Å². The molecule has 0 bridgehead atoms. The molecule has 2 heteroatoms. The zero-order chi connectivity index (χ0) is 10.4. The number of ether oxygens (including phenoxy) is 1. The lowest BCUT2D eigenvalue weighted by Crippen LogP contribution is -2.43. The van der Waals surface area contributed by atoms with E-state index < -0.39 is 0 Å². The van der Waals surface area contributed by atoms with E-state index >= 15 is 0 Å². The molecule has 0 aromatic carbocycles. The van der Waals surface area contributed by atoms with Gasteiger partial charge in [-0.1, -0.05) is 27.2 Å². The summed E-state index contributed by atoms with van der Waals surface area (Å²) in [6.07, 6.45) is 3.75. The molecule has 0 radical (unpaired) electrons. The molecule has 1 atom stereocenters. The van der Waals surface area contributed by atoms with Crippen LogP contribution in [0, 0.1) is 11.3 Å². The van der Waals surface area contributed by atoms with Crippen LogP contribution in [0.3, 0.4) is 0 Å². The SMILES string of the molecule is CCNCC1(C(C)CC)CCOCC1. The van der Waals surface area contributed by atoms with Crippen molar-refractivity contribution in [2.75, 3.05) is 26.3 Å². The number of rotatable bonds is 5. The lowest BCUT2D eigenvalue weighted by Gasteiger charge is -2.42. The molecule has 0 spiro atoms. The molecule has 14 heavy (non-hydrogen) atoms. The Morgan fingerprint density at radius 2 is 1.93 bits per heavy atom. The Balaban J connectivity index is 2.56. The Kier molecular flexibility index (Phi) is 4.90. The summed E-state index contributed by atoms with van der Waals surface area (Å²) in [6, 6.07) is 0. The van der Waals surface area contributed by atoms with Crippen molar-refractivity contribution in [3.63, 3.8) is 0 Å². The molecular weight excluding hydrogens is 174 g/mol. The molecule has 2 nitrogen and oxygen atoms in total. The predicted molar refractivity (Wildman–Crippen MR) is 60.5 cm³/mol. The molecule has 0 amide bonds. The first-order valence-corrected chi connectivity index (χ1v) is 6.03. The van der Waals surface area contributed by atoms with Gasteiger partial charge in [0.15, 0.2) is 0 Å². The summed E-state index contributed by atoms with van der Waals surface area (Å²) in [6.45, 7) is 11.0. The van der Waals surface area contributed by atoms with E-state index in [-0.39, 0.29) is 0 Å². The van der Waals surface area contributed by atoms with E-state index in [4.69, 9.17) is 4.74 Å². The molecule has 1 rings (SSSR count). The minimum absolute atomic E-state index is 0.503. The van der Waals surface area contributed by atoms with Gasteiger partial charge in [0.1, 0.15) is 0 Å². The molecule has 0 aromatic heterocycles. The largest absolute Gasteiger partial charge is 0.381 e. The van der Waals surface area contributed by atoms with Crippen molar-refractivity contribution in [3.05, 3.63) is 0 Å². The summed E-state index contributed by atoms with van der Waals surface area (Å²) in [5.74, 6) is 0.811. The summed E-state index contributed by atoms with van der Waals surface area (Å²) in [7, 11) is 0. The Morgan fingerprint density at radius 1 is 1.29 bits per heavy atom. The van der Waals surface area contributed by atoms with Gasteiger partial charge in [-0.2, -0.15) is 0 Å². The van der Waals surface area contributed by atoms with Gasteiger partial charge in [-0.25, -0.2) is 0 Å². The Morgan fingerprint density at radius 3 is 2.43 bits per heavy atom. The van der Waals surface area contributed by atoms with E-state index in [1.165, 1.54) is 25.8 Å². The quantitative estimate of drug-likeness (QED) is 0.734. The van der Waals surface area contributed by atoms with Gasteiger partial charge in [0, 0.05) is 19.8 Å². The van der Waals surface area contributed by atoms with Gasteiger partial charge in [-0.05, 0) is 30.7 Å². The highest BCUT2D eigenvalue weighted by atomic mass is 16.5. The maximum absolute atomic E-state index is 5.47. The maximum Gasteiger partial charge on any atom is 0.0471 e. The van der Waals surface area contributed by atoms with Crippen LogP contribution in [0.2, 0.25) is 0 Å². The summed E-state index contributed by atoms with van der Waals surface area (Å²) < 4.78 is 5.47. The molecule has 1 heterocycles. The van der Waals surface area contributed by atoms with Crippen LogP contribution in [0.15, 0.2) is 0 Å². The fourth-order valence-electron chi connectivity index (χ4n) is 2.43. The highest BCUT2D eigenvalue weighted by Gasteiger charge is 2.36. The Bertz CT molecular complexity index is 152. The third-order valence-corrected chi connectivity index (χ3v) is 3.87. The van der Waals surface area contributed by atoms with E-state index in [1.54, 1.807) is 0 Å². The van der Waals surface area contributed by atoms with Crippen LogP contribution in [-0.4, -0.2) is 26.3 Å². The summed E-state index contributed by atoms with van der Waals surface area (Å²) >= 11 is 0. The van der Waals surface area contributed by atoms with Crippen molar-refractivity contribution in [1.29, 1.82) is 0 Å². The third-order valence-electron chi connectivity index (χ3n) is 3.87. The van der Waals surface area contributed by atoms with E-state index in [0.717, 1.165) is 25.7 Å². The standard InChI is InChI=1S/C12H25NO/c1-4-11(3)12(10-13-5-2)6-8-14-9-7-12/h11,13H,4-10H2,1-3H3. The van der Waals surface area contributed by atoms with E-state index in [1.807, 2.05) is 0 Å². The van der Waals surface area contributed by atoms with Crippen LogP contribution < -0.4 is 5.32 Å². The van der Waals surface area contributed by atoms with Crippen molar-refractivity contribution in [2.24, 2.45) is 11.3 Å². The Hall–Kier alpha value is -0.0800. The van der Waals surface area contributed by atoms with Gasteiger partial charge in [-0.3, -0.25) is 0 Å². The van der Waals surface area contributed by atoms with Crippen LogP contribution in [0.5, 0.6) is 0 Å². The van der Waals surface area contributed by atoms with Crippen LogP contribution in [0.4, 0.5) is 0 Å². The first kappa shape index (κ1) is 12.0. The zero-order valence-electron chi connectivity index (χ0n) is 9.94. The average Bonchev–Trinajstić information content (AvgIpc) is 2.26. The second kappa shape index (κ2) is 5.72. The maximum atomic E-state index is 5.47. The van der Waals surface area contributed by atoms with Gasteiger partial charge < -0.3 is 10.1 Å². The van der Waals surface area contributed by atoms with Crippen molar-refractivity contribution < 1.29 is 4.74 Å². The minimum Gasteiger partial charge on any atom is -0.381 e. The molecule has 0 aliphatic carbocycles. The van der Waals surface area contributed by atoms with E-state index in [2.05, 4.69) is 26.1 Å². The topological polar surface area (TPSA) is 21.3 Å². The smallest absolute Gasteiger partial charge is 0.0471 e. The normalized spacial score (nSPS) is 23.4. The van der Waals surface area contributed by atoms with Crippen LogP contribution in [0.1, 0.15) is 40.0 Å². The Labute approximate surface area is 88.4 Å². The number of nitrogens with one attached hydrogen (secondary N) is 1.